The topological polar surface area (TPSA) is 66.6 Å². The Morgan fingerprint density at radius 3 is 2.67 bits per heavy atom. The van der Waals surface area contributed by atoms with Crippen molar-refractivity contribution in [3.8, 4) is 0 Å². The van der Waals surface area contributed by atoms with E-state index < -0.39 is 0 Å². The summed E-state index contributed by atoms with van der Waals surface area (Å²) < 4.78 is 0. The van der Waals surface area contributed by atoms with Gasteiger partial charge in [-0.1, -0.05) is 24.6 Å². The number of hydrogen-bond donors (Lipinski definition) is 1. The maximum atomic E-state index is 13.0. The fourth-order valence-corrected chi connectivity index (χ4v) is 4.21. The van der Waals surface area contributed by atoms with Gasteiger partial charge in [-0.05, 0) is 50.8 Å². The summed E-state index contributed by atoms with van der Waals surface area (Å²) in [6, 6.07) is 9.36. The molecule has 1 heterocycles. The quantitative estimate of drug-likeness (QED) is 0.899. The Morgan fingerprint density at radius 1 is 1.25 bits per heavy atom. The first kappa shape index (κ1) is 17.0. The van der Waals surface area contributed by atoms with Crippen LogP contribution < -0.4 is 10.6 Å². The van der Waals surface area contributed by atoms with E-state index in [1.165, 1.54) is 0 Å². The van der Waals surface area contributed by atoms with Crippen molar-refractivity contribution in [1.29, 1.82) is 0 Å². The highest BCUT2D eigenvalue weighted by atomic mass is 16.2. The van der Waals surface area contributed by atoms with Gasteiger partial charge in [0.15, 0.2) is 0 Å². The van der Waals surface area contributed by atoms with Gasteiger partial charge in [-0.2, -0.15) is 0 Å². The van der Waals surface area contributed by atoms with Crippen molar-refractivity contribution in [2.24, 2.45) is 17.6 Å². The molecule has 2 fully saturated rings. The number of hydrogen-bond acceptors (Lipinski definition) is 3. The lowest BCUT2D eigenvalue weighted by molar-refractivity contribution is -0.142. The van der Waals surface area contributed by atoms with Gasteiger partial charge in [0.25, 0.3) is 0 Å². The highest BCUT2D eigenvalue weighted by Crippen LogP contribution is 2.34. The molecule has 1 aliphatic heterocycles. The number of rotatable bonds is 5. The minimum atomic E-state index is -0.332. The number of amides is 2. The molecule has 3 rings (SSSR count). The van der Waals surface area contributed by atoms with E-state index in [4.69, 9.17) is 5.73 Å². The number of benzene rings is 1. The summed E-state index contributed by atoms with van der Waals surface area (Å²) in [5.41, 5.74) is 6.75. The van der Waals surface area contributed by atoms with Gasteiger partial charge in [-0.15, -0.1) is 0 Å². The lowest BCUT2D eigenvalue weighted by Crippen LogP contribution is -2.48. The Kier molecular flexibility index (Phi) is 5.19. The van der Waals surface area contributed by atoms with Gasteiger partial charge in [0.05, 0.1) is 0 Å². The van der Waals surface area contributed by atoms with Crippen LogP contribution in [0.25, 0.3) is 0 Å². The van der Waals surface area contributed by atoms with Gasteiger partial charge in [-0.3, -0.25) is 9.59 Å². The van der Waals surface area contributed by atoms with Crippen LogP contribution in [0.15, 0.2) is 30.3 Å². The van der Waals surface area contributed by atoms with Gasteiger partial charge in [-0.25, -0.2) is 0 Å². The Morgan fingerprint density at radius 2 is 2.00 bits per heavy atom. The normalized spacial score (nSPS) is 26.8. The molecular weight excluding hydrogens is 302 g/mol. The second-order valence-corrected chi connectivity index (χ2v) is 6.79. The van der Waals surface area contributed by atoms with Crippen LogP contribution >= 0.6 is 0 Å². The number of nitrogens with zero attached hydrogens (tertiary/aromatic N) is 2. The lowest BCUT2D eigenvalue weighted by Gasteiger charge is -2.31. The van der Waals surface area contributed by atoms with E-state index in [0.29, 0.717) is 26.1 Å². The molecule has 0 radical (unpaired) electrons. The highest BCUT2D eigenvalue weighted by molar-refractivity contribution is 6.01. The average Bonchev–Trinajstić information content (AvgIpc) is 3.23. The molecule has 1 aromatic carbocycles. The van der Waals surface area contributed by atoms with Crippen molar-refractivity contribution in [3.63, 3.8) is 0 Å². The number of anilines is 1. The van der Waals surface area contributed by atoms with Gasteiger partial charge < -0.3 is 15.5 Å². The Bertz CT molecular complexity index is 590. The first-order valence-corrected chi connectivity index (χ1v) is 9.04. The van der Waals surface area contributed by atoms with E-state index in [2.05, 4.69) is 0 Å². The molecule has 5 nitrogen and oxygen atoms in total. The molecule has 0 spiro atoms. The first-order chi connectivity index (χ1) is 11.7. The fourth-order valence-electron chi connectivity index (χ4n) is 4.21. The zero-order valence-electron chi connectivity index (χ0n) is 14.4. The van der Waals surface area contributed by atoms with Gasteiger partial charge in [0.1, 0.15) is 6.04 Å². The van der Waals surface area contributed by atoms with Crippen molar-refractivity contribution in [1.82, 2.24) is 4.90 Å². The van der Waals surface area contributed by atoms with Crippen LogP contribution in [0, 0.1) is 11.8 Å². The number of carbonyl (C=O) groups is 2. The minimum Gasteiger partial charge on any atom is -0.331 e. The van der Waals surface area contributed by atoms with Crippen LogP contribution in [0.5, 0.6) is 0 Å². The summed E-state index contributed by atoms with van der Waals surface area (Å²) in [5.74, 6) is 0.430. The van der Waals surface area contributed by atoms with Crippen LogP contribution in [0.1, 0.15) is 32.6 Å². The van der Waals surface area contributed by atoms with Crippen molar-refractivity contribution in [2.75, 3.05) is 24.5 Å². The fraction of sp³-hybridized carbons (Fsp3) is 0.579. The maximum absolute atomic E-state index is 13.0. The van der Waals surface area contributed by atoms with Crippen molar-refractivity contribution in [3.05, 3.63) is 30.3 Å². The molecule has 2 N–H and O–H groups in total. The Balaban J connectivity index is 1.74. The van der Waals surface area contributed by atoms with E-state index in [1.807, 2.05) is 37.3 Å². The monoisotopic (exact) mass is 329 g/mol. The average molecular weight is 329 g/mol. The summed E-state index contributed by atoms with van der Waals surface area (Å²) in [7, 11) is 0. The summed E-state index contributed by atoms with van der Waals surface area (Å²) in [5, 5.41) is 0. The van der Waals surface area contributed by atoms with Crippen LogP contribution in [0.3, 0.4) is 0 Å². The molecule has 2 aliphatic rings. The number of likely N-dealkylation sites (N-methyl/N-ethyl adjacent to an activating group) is 1. The molecule has 24 heavy (non-hydrogen) atoms. The highest BCUT2D eigenvalue weighted by Gasteiger charge is 2.42. The largest absolute Gasteiger partial charge is 0.331 e. The molecular formula is C19H27N3O2. The van der Waals surface area contributed by atoms with E-state index in [0.717, 1.165) is 24.9 Å². The minimum absolute atomic E-state index is 0.00600. The van der Waals surface area contributed by atoms with Crippen LogP contribution in [0.2, 0.25) is 0 Å². The molecule has 1 saturated heterocycles. The van der Waals surface area contributed by atoms with E-state index in [1.54, 1.807) is 9.80 Å². The molecule has 1 unspecified atom stereocenters. The number of carbonyl (C=O) groups excluding carboxylic acids is 2. The van der Waals surface area contributed by atoms with Crippen molar-refractivity contribution in [2.45, 2.75) is 38.6 Å². The lowest BCUT2D eigenvalue weighted by atomic mass is 9.94. The Hall–Kier alpha value is -1.88. The summed E-state index contributed by atoms with van der Waals surface area (Å²) >= 11 is 0. The Labute approximate surface area is 143 Å². The molecule has 1 saturated carbocycles. The third-order valence-corrected chi connectivity index (χ3v) is 5.52. The zero-order valence-corrected chi connectivity index (χ0v) is 14.4. The van der Waals surface area contributed by atoms with Gasteiger partial charge >= 0.3 is 0 Å². The smallest absolute Gasteiger partial charge is 0.249 e. The number of nitrogens with two attached hydrogens (primary N) is 1. The predicted octanol–water partition coefficient (Wildman–Crippen LogP) is 2.02. The molecule has 2 amide bonds. The summed E-state index contributed by atoms with van der Waals surface area (Å²) in [6.07, 6.45) is 3.69. The van der Waals surface area contributed by atoms with Gasteiger partial charge in [0, 0.05) is 24.7 Å². The molecule has 3 atom stereocenters. The molecule has 5 heteroatoms. The van der Waals surface area contributed by atoms with Crippen LogP contribution in [-0.2, 0) is 9.59 Å². The van der Waals surface area contributed by atoms with E-state index >= 15 is 0 Å². The second-order valence-electron chi connectivity index (χ2n) is 6.79. The van der Waals surface area contributed by atoms with Crippen LogP contribution in [0.4, 0.5) is 5.69 Å². The molecule has 0 aromatic heterocycles. The van der Waals surface area contributed by atoms with Crippen molar-refractivity contribution < 1.29 is 9.59 Å². The van der Waals surface area contributed by atoms with Crippen LogP contribution in [-0.4, -0.2) is 42.4 Å². The predicted molar refractivity (Wildman–Crippen MR) is 94.5 cm³/mol. The van der Waals surface area contributed by atoms with E-state index in [9.17, 15) is 9.59 Å². The number of para-hydroxylation sites is 1. The maximum Gasteiger partial charge on any atom is 0.249 e. The zero-order chi connectivity index (χ0) is 17.1. The standard InChI is InChI=1S/C19H27N3O2/c1-2-21(18(23)16-10-6-7-14(16)13-20)17-11-12-22(19(17)24)15-8-4-3-5-9-15/h3-5,8-9,14,16-17H,2,6-7,10-13,20H2,1H3/t14-,16-,17?/m1/s1. The first-order valence-electron chi connectivity index (χ1n) is 9.04. The third kappa shape index (κ3) is 3.05. The van der Waals surface area contributed by atoms with E-state index in [-0.39, 0.29) is 29.7 Å². The molecule has 130 valence electrons. The SMILES string of the molecule is CCN(C(=O)[C@@H]1CCC[C@@H]1CN)C1CCN(c2ccccc2)C1=O. The second kappa shape index (κ2) is 7.34. The molecule has 0 bridgehead atoms. The van der Waals surface area contributed by atoms with Gasteiger partial charge in [0.2, 0.25) is 11.8 Å². The summed E-state index contributed by atoms with van der Waals surface area (Å²) in [4.78, 5) is 29.5. The summed E-state index contributed by atoms with van der Waals surface area (Å²) in [6.45, 7) is 3.76. The molecule has 1 aromatic rings. The molecule has 1 aliphatic carbocycles. The third-order valence-electron chi connectivity index (χ3n) is 5.52. The van der Waals surface area contributed by atoms with Crippen molar-refractivity contribution >= 4 is 17.5 Å².